The maximum Gasteiger partial charge on any atom is 0.312 e. The van der Waals surface area contributed by atoms with Crippen LogP contribution >= 0.6 is 0 Å². The highest BCUT2D eigenvalue weighted by molar-refractivity contribution is 5.76. The van der Waals surface area contributed by atoms with Gasteiger partial charge in [-0.05, 0) is 82.5 Å². The zero-order valence-corrected chi connectivity index (χ0v) is 13.8. The Morgan fingerprint density at radius 1 is 1.15 bits per heavy atom. The summed E-state index contributed by atoms with van der Waals surface area (Å²) in [7, 11) is 0. The van der Waals surface area contributed by atoms with Crippen LogP contribution in [0.15, 0.2) is 0 Å². The van der Waals surface area contributed by atoms with Crippen molar-refractivity contribution < 1.29 is 9.53 Å². The van der Waals surface area contributed by atoms with E-state index >= 15 is 0 Å². The predicted octanol–water partition coefficient (Wildman–Crippen LogP) is 4.57. The first-order chi connectivity index (χ1) is 9.18. The number of rotatable bonds is 3. The third kappa shape index (κ3) is 2.02. The first-order valence-electron chi connectivity index (χ1n) is 8.42. The number of carbonyl (C=O) groups is 1. The molecule has 4 bridgehead atoms. The van der Waals surface area contributed by atoms with Crippen molar-refractivity contribution in [1.82, 2.24) is 0 Å². The molecular weight excluding hydrogens is 248 g/mol. The van der Waals surface area contributed by atoms with E-state index in [0.717, 1.165) is 12.3 Å². The van der Waals surface area contributed by atoms with Crippen LogP contribution in [0.1, 0.15) is 73.1 Å². The molecule has 4 rings (SSSR count). The minimum absolute atomic E-state index is 0.0140. The van der Waals surface area contributed by atoms with Crippen molar-refractivity contribution in [3.63, 3.8) is 0 Å². The lowest BCUT2D eigenvalue weighted by Gasteiger charge is -2.63. The van der Waals surface area contributed by atoms with Crippen molar-refractivity contribution in [3.05, 3.63) is 0 Å². The van der Waals surface area contributed by atoms with Crippen molar-refractivity contribution in [2.45, 2.75) is 78.7 Å². The summed E-state index contributed by atoms with van der Waals surface area (Å²) in [4.78, 5) is 12.6. The molecule has 0 aromatic rings. The molecule has 0 N–H and O–H groups in total. The zero-order chi connectivity index (χ0) is 14.8. The summed E-state index contributed by atoms with van der Waals surface area (Å²) < 4.78 is 6.18. The van der Waals surface area contributed by atoms with Crippen LogP contribution in [-0.4, -0.2) is 11.6 Å². The van der Waals surface area contributed by atoms with E-state index in [1.54, 1.807) is 0 Å². The average Bonchev–Trinajstić information content (AvgIpc) is 2.34. The highest BCUT2D eigenvalue weighted by atomic mass is 16.6. The summed E-state index contributed by atoms with van der Waals surface area (Å²) in [5.74, 6) is 2.09. The zero-order valence-electron chi connectivity index (χ0n) is 13.8. The van der Waals surface area contributed by atoms with Crippen LogP contribution < -0.4 is 0 Å². The van der Waals surface area contributed by atoms with E-state index in [2.05, 4.69) is 20.8 Å². The Morgan fingerprint density at radius 2 is 1.70 bits per heavy atom. The molecule has 4 saturated carbocycles. The summed E-state index contributed by atoms with van der Waals surface area (Å²) in [6.07, 6.45) is 7.33. The van der Waals surface area contributed by atoms with Gasteiger partial charge in [-0.15, -0.1) is 0 Å². The molecule has 4 aliphatic carbocycles. The highest BCUT2D eigenvalue weighted by Gasteiger charge is 2.61. The second-order valence-electron chi connectivity index (χ2n) is 8.97. The lowest BCUT2D eigenvalue weighted by Crippen LogP contribution is -2.61. The van der Waals surface area contributed by atoms with Crippen LogP contribution in [0.2, 0.25) is 0 Å². The van der Waals surface area contributed by atoms with E-state index in [9.17, 15) is 4.79 Å². The first kappa shape index (κ1) is 14.4. The van der Waals surface area contributed by atoms with Gasteiger partial charge in [0.1, 0.15) is 5.60 Å². The van der Waals surface area contributed by atoms with Gasteiger partial charge in [0, 0.05) is 0 Å². The molecule has 20 heavy (non-hydrogen) atoms. The third-order valence-corrected chi connectivity index (χ3v) is 6.87. The Labute approximate surface area is 123 Å². The Hall–Kier alpha value is -0.530. The molecule has 0 aromatic heterocycles. The smallest absolute Gasteiger partial charge is 0.312 e. The Bertz CT molecular complexity index is 407. The van der Waals surface area contributed by atoms with Gasteiger partial charge in [0.25, 0.3) is 0 Å². The summed E-state index contributed by atoms with van der Waals surface area (Å²) in [5, 5.41) is 0. The molecule has 2 nitrogen and oxygen atoms in total. The van der Waals surface area contributed by atoms with Gasteiger partial charge in [0.2, 0.25) is 0 Å². The molecule has 2 unspecified atom stereocenters. The van der Waals surface area contributed by atoms with Crippen LogP contribution in [-0.2, 0) is 9.53 Å². The number of hydrogen-bond donors (Lipinski definition) is 0. The molecular formula is C18H30O2. The molecule has 0 aromatic carbocycles. The molecule has 0 saturated heterocycles. The fraction of sp³-hybridized carbons (Fsp3) is 0.944. The van der Waals surface area contributed by atoms with Crippen LogP contribution in [0.5, 0.6) is 0 Å². The van der Waals surface area contributed by atoms with Crippen LogP contribution in [0.4, 0.5) is 0 Å². The van der Waals surface area contributed by atoms with E-state index in [0.29, 0.717) is 17.3 Å². The fourth-order valence-electron chi connectivity index (χ4n) is 5.23. The maximum absolute atomic E-state index is 12.6. The monoisotopic (exact) mass is 278 g/mol. The molecule has 0 heterocycles. The topological polar surface area (TPSA) is 26.3 Å². The number of carbonyl (C=O) groups excluding carboxylic acids is 1. The molecule has 4 fully saturated rings. The van der Waals surface area contributed by atoms with Gasteiger partial charge < -0.3 is 4.74 Å². The summed E-state index contributed by atoms with van der Waals surface area (Å²) in [5.41, 5.74) is -0.00970. The van der Waals surface area contributed by atoms with Crippen molar-refractivity contribution in [3.8, 4) is 0 Å². The van der Waals surface area contributed by atoms with Gasteiger partial charge in [0.15, 0.2) is 0 Å². The summed E-state index contributed by atoms with van der Waals surface area (Å²) in [6.45, 7) is 10.8. The lowest BCUT2D eigenvalue weighted by atomic mass is 9.45. The second kappa shape index (κ2) is 4.24. The van der Waals surface area contributed by atoms with Crippen molar-refractivity contribution in [1.29, 1.82) is 0 Å². The van der Waals surface area contributed by atoms with Crippen LogP contribution in [0.25, 0.3) is 0 Å². The Balaban J connectivity index is 1.81. The molecule has 0 radical (unpaired) electrons. The van der Waals surface area contributed by atoms with Gasteiger partial charge in [-0.1, -0.05) is 13.8 Å². The number of esters is 1. The second-order valence-corrected chi connectivity index (χ2v) is 8.97. The summed E-state index contributed by atoms with van der Waals surface area (Å²) in [6, 6.07) is 0. The fourth-order valence-corrected chi connectivity index (χ4v) is 5.23. The van der Waals surface area contributed by atoms with Crippen molar-refractivity contribution in [2.75, 3.05) is 0 Å². The normalized spacial score (nSPS) is 46.5. The van der Waals surface area contributed by atoms with E-state index in [-0.39, 0.29) is 17.0 Å². The molecule has 4 aliphatic rings. The van der Waals surface area contributed by atoms with Crippen molar-refractivity contribution in [2.24, 2.45) is 28.6 Å². The molecule has 0 aliphatic heterocycles. The quantitative estimate of drug-likeness (QED) is 0.707. The van der Waals surface area contributed by atoms with E-state index in [4.69, 9.17) is 4.74 Å². The molecule has 0 amide bonds. The first-order valence-corrected chi connectivity index (χ1v) is 8.42. The minimum Gasteiger partial charge on any atom is -0.458 e. The molecule has 114 valence electrons. The average molecular weight is 278 g/mol. The summed E-state index contributed by atoms with van der Waals surface area (Å²) >= 11 is 0. The lowest BCUT2D eigenvalue weighted by molar-refractivity contribution is -0.223. The minimum atomic E-state index is -0.346. The highest BCUT2D eigenvalue weighted by Crippen LogP contribution is 2.64. The molecule has 2 heteroatoms. The number of ether oxygens (including phenoxy) is 1. The maximum atomic E-state index is 12.6. The number of hydrogen-bond acceptors (Lipinski definition) is 2. The standard InChI is InChI=1S/C18H30O2/c1-6-16(2,3)15(19)20-18(5)13-7-12-8-14(18)11-17(4,9-12)10-13/h12-14H,6-11H2,1-5H3. The Kier molecular flexibility index (Phi) is 3.05. The van der Waals surface area contributed by atoms with E-state index in [1.165, 1.54) is 32.1 Å². The van der Waals surface area contributed by atoms with Gasteiger partial charge in [-0.2, -0.15) is 0 Å². The van der Waals surface area contributed by atoms with Crippen molar-refractivity contribution >= 4 is 5.97 Å². The SMILES string of the molecule is CCC(C)(C)C(=O)OC1(C)C2CC3CC1CC(C)(C3)C2. The third-order valence-electron chi connectivity index (χ3n) is 6.87. The largest absolute Gasteiger partial charge is 0.458 e. The van der Waals surface area contributed by atoms with Gasteiger partial charge in [-0.25, -0.2) is 0 Å². The van der Waals surface area contributed by atoms with Crippen LogP contribution in [0, 0.1) is 28.6 Å². The van der Waals surface area contributed by atoms with Crippen LogP contribution in [0.3, 0.4) is 0 Å². The predicted molar refractivity (Wildman–Crippen MR) is 80.2 cm³/mol. The molecule has 2 atom stereocenters. The van der Waals surface area contributed by atoms with Gasteiger partial charge in [-0.3, -0.25) is 4.79 Å². The van der Waals surface area contributed by atoms with Gasteiger partial charge >= 0.3 is 5.97 Å². The van der Waals surface area contributed by atoms with E-state index in [1.807, 2.05) is 13.8 Å². The molecule has 0 spiro atoms. The van der Waals surface area contributed by atoms with Gasteiger partial charge in [0.05, 0.1) is 5.41 Å². The Morgan fingerprint density at radius 3 is 2.15 bits per heavy atom. The van der Waals surface area contributed by atoms with E-state index < -0.39 is 0 Å².